The summed E-state index contributed by atoms with van der Waals surface area (Å²) in [5.41, 5.74) is 0.609. The summed E-state index contributed by atoms with van der Waals surface area (Å²) in [7, 11) is 0. The van der Waals surface area contributed by atoms with E-state index in [-0.39, 0.29) is 0 Å². The van der Waals surface area contributed by atoms with Gasteiger partial charge in [-0.15, -0.1) is 0 Å². The largest absolute Gasteiger partial charge is 0.484 e. The zero-order valence-electron chi connectivity index (χ0n) is 14.0. The average Bonchev–Trinajstić information content (AvgIpc) is 2.71. The van der Waals surface area contributed by atoms with Gasteiger partial charge in [-0.25, -0.2) is 27.4 Å². The Balaban J connectivity index is 1.63. The quantitative estimate of drug-likeness (QED) is 0.233. The lowest BCUT2D eigenvalue weighted by atomic mass is 10.1. The van der Waals surface area contributed by atoms with Gasteiger partial charge in [-0.3, -0.25) is 4.79 Å². The van der Waals surface area contributed by atoms with Crippen molar-refractivity contribution in [1.82, 2.24) is 5.43 Å². The van der Waals surface area contributed by atoms with E-state index < -0.39 is 47.2 Å². The van der Waals surface area contributed by atoms with Gasteiger partial charge in [-0.2, -0.15) is 5.10 Å². The number of hydrazone groups is 1. The van der Waals surface area contributed by atoms with Crippen LogP contribution in [0.15, 0.2) is 47.6 Å². The van der Waals surface area contributed by atoms with Crippen LogP contribution < -0.4 is 10.2 Å². The number of fused-ring (bicyclic) bond motifs is 1. The van der Waals surface area contributed by atoms with E-state index in [1.807, 2.05) is 29.7 Å². The standard InChI is InChI=1S/C19H11F5N2O2/c20-15-13(16(21)18(23)19(24)17(15)22)8-25-26-14(27)9-28-12-6-5-10-3-1-2-4-11(10)7-12/h1-8H,9H2,(H,26,27)/b25-8-. The minimum atomic E-state index is -2.28. The first-order chi connectivity index (χ1) is 13.4. The molecule has 0 unspecified atom stereocenters. The van der Waals surface area contributed by atoms with Crippen molar-refractivity contribution in [2.24, 2.45) is 5.10 Å². The Labute approximate surface area is 155 Å². The van der Waals surface area contributed by atoms with Crippen LogP contribution in [0.25, 0.3) is 10.8 Å². The van der Waals surface area contributed by atoms with Gasteiger partial charge in [0.2, 0.25) is 5.82 Å². The van der Waals surface area contributed by atoms with Crippen LogP contribution in [0.5, 0.6) is 5.75 Å². The minimum absolute atomic E-state index is 0.324. The van der Waals surface area contributed by atoms with Gasteiger partial charge in [0, 0.05) is 0 Å². The van der Waals surface area contributed by atoms with Gasteiger partial charge in [0.25, 0.3) is 5.91 Å². The molecule has 0 aromatic heterocycles. The highest BCUT2D eigenvalue weighted by Crippen LogP contribution is 2.22. The first-order valence-corrected chi connectivity index (χ1v) is 7.83. The summed E-state index contributed by atoms with van der Waals surface area (Å²) in [4.78, 5) is 11.7. The third-order valence-electron chi connectivity index (χ3n) is 3.72. The number of carbonyl (C=O) groups is 1. The Morgan fingerprint density at radius 3 is 2.18 bits per heavy atom. The molecule has 0 aliphatic rings. The summed E-state index contributed by atoms with van der Waals surface area (Å²) in [5, 5.41) is 5.07. The predicted octanol–water partition coefficient (Wildman–Crippen LogP) is 4.06. The molecule has 28 heavy (non-hydrogen) atoms. The molecule has 0 fully saturated rings. The summed E-state index contributed by atoms with van der Waals surface area (Å²) in [6, 6.07) is 12.6. The lowest BCUT2D eigenvalue weighted by Crippen LogP contribution is -2.24. The summed E-state index contributed by atoms with van der Waals surface area (Å²) in [6.07, 6.45) is 0.324. The number of amides is 1. The number of hydrogen-bond acceptors (Lipinski definition) is 3. The molecule has 0 atom stereocenters. The van der Waals surface area contributed by atoms with E-state index in [2.05, 4.69) is 5.10 Å². The molecule has 0 aliphatic heterocycles. The molecule has 0 spiro atoms. The molecule has 1 N–H and O–H groups in total. The van der Waals surface area contributed by atoms with Gasteiger partial charge < -0.3 is 4.74 Å². The second kappa shape index (κ2) is 8.03. The van der Waals surface area contributed by atoms with Crippen LogP contribution in [0.2, 0.25) is 0 Å². The van der Waals surface area contributed by atoms with E-state index in [9.17, 15) is 26.7 Å². The van der Waals surface area contributed by atoms with Crippen molar-refractivity contribution in [2.45, 2.75) is 0 Å². The maximum atomic E-state index is 13.5. The first kappa shape index (κ1) is 19.3. The molecule has 0 saturated carbocycles. The molecule has 4 nitrogen and oxygen atoms in total. The maximum Gasteiger partial charge on any atom is 0.277 e. The number of nitrogens with zero attached hydrogens (tertiary/aromatic N) is 1. The molecule has 3 aromatic rings. The summed E-state index contributed by atoms with van der Waals surface area (Å²) >= 11 is 0. The Bertz CT molecular complexity index is 1060. The lowest BCUT2D eigenvalue weighted by molar-refractivity contribution is -0.123. The first-order valence-electron chi connectivity index (χ1n) is 7.83. The van der Waals surface area contributed by atoms with Crippen LogP contribution in [0, 0.1) is 29.1 Å². The normalized spacial score (nSPS) is 11.2. The molecule has 0 aliphatic carbocycles. The Morgan fingerprint density at radius 1 is 0.893 bits per heavy atom. The third-order valence-corrected chi connectivity index (χ3v) is 3.72. The zero-order valence-corrected chi connectivity index (χ0v) is 14.0. The number of rotatable bonds is 5. The molecular formula is C19H11F5N2O2. The van der Waals surface area contributed by atoms with Crippen LogP contribution in [0.3, 0.4) is 0 Å². The van der Waals surface area contributed by atoms with Crippen LogP contribution in [-0.4, -0.2) is 18.7 Å². The van der Waals surface area contributed by atoms with E-state index in [0.717, 1.165) is 10.8 Å². The molecule has 3 rings (SSSR count). The highest BCUT2D eigenvalue weighted by molar-refractivity contribution is 5.85. The SMILES string of the molecule is O=C(COc1ccc2ccccc2c1)N/N=C\c1c(F)c(F)c(F)c(F)c1F. The summed E-state index contributed by atoms with van der Waals surface area (Å²) in [6.45, 7) is -0.479. The van der Waals surface area contributed by atoms with Crippen LogP contribution in [0.1, 0.15) is 5.56 Å². The predicted molar refractivity (Wildman–Crippen MR) is 91.4 cm³/mol. The zero-order chi connectivity index (χ0) is 20.3. The van der Waals surface area contributed by atoms with Crippen LogP contribution in [0.4, 0.5) is 22.0 Å². The van der Waals surface area contributed by atoms with E-state index in [1.165, 1.54) is 0 Å². The molecular weight excluding hydrogens is 383 g/mol. The molecule has 3 aromatic carbocycles. The van der Waals surface area contributed by atoms with Crippen LogP contribution in [-0.2, 0) is 4.79 Å². The third kappa shape index (κ3) is 3.93. The van der Waals surface area contributed by atoms with Gasteiger partial charge in [-0.05, 0) is 22.9 Å². The molecule has 0 saturated heterocycles. The number of ether oxygens (including phenoxy) is 1. The molecule has 0 heterocycles. The van der Waals surface area contributed by atoms with Crippen molar-refractivity contribution in [2.75, 3.05) is 6.61 Å². The fourth-order valence-electron chi connectivity index (χ4n) is 2.34. The second-order valence-electron chi connectivity index (χ2n) is 5.57. The second-order valence-corrected chi connectivity index (χ2v) is 5.57. The van der Waals surface area contributed by atoms with Crippen molar-refractivity contribution in [3.63, 3.8) is 0 Å². The average molecular weight is 394 g/mol. The fourth-order valence-corrected chi connectivity index (χ4v) is 2.34. The molecule has 0 radical (unpaired) electrons. The number of benzene rings is 3. The van der Waals surface area contributed by atoms with E-state index in [4.69, 9.17) is 4.74 Å². The molecule has 1 amide bonds. The topological polar surface area (TPSA) is 50.7 Å². The van der Waals surface area contributed by atoms with Gasteiger partial charge in [0.1, 0.15) is 5.75 Å². The Morgan fingerprint density at radius 2 is 1.50 bits per heavy atom. The van der Waals surface area contributed by atoms with Gasteiger partial charge in [0.15, 0.2) is 29.9 Å². The number of halogens is 5. The lowest BCUT2D eigenvalue weighted by Gasteiger charge is -2.06. The smallest absolute Gasteiger partial charge is 0.277 e. The van der Waals surface area contributed by atoms with Crippen molar-refractivity contribution in [1.29, 1.82) is 0 Å². The minimum Gasteiger partial charge on any atom is -0.484 e. The highest BCUT2D eigenvalue weighted by atomic mass is 19.2. The van der Waals surface area contributed by atoms with Crippen molar-refractivity contribution < 1.29 is 31.5 Å². The van der Waals surface area contributed by atoms with E-state index >= 15 is 0 Å². The van der Waals surface area contributed by atoms with E-state index in [1.54, 1.807) is 18.2 Å². The number of carbonyl (C=O) groups excluding carboxylic acids is 1. The summed E-state index contributed by atoms with van der Waals surface area (Å²) in [5.74, 6) is -11.0. The van der Waals surface area contributed by atoms with Gasteiger partial charge in [0.05, 0.1) is 11.8 Å². The van der Waals surface area contributed by atoms with Crippen molar-refractivity contribution in [3.8, 4) is 5.75 Å². The highest BCUT2D eigenvalue weighted by Gasteiger charge is 2.24. The molecule has 9 heteroatoms. The van der Waals surface area contributed by atoms with E-state index in [0.29, 0.717) is 12.0 Å². The molecule has 144 valence electrons. The van der Waals surface area contributed by atoms with Crippen molar-refractivity contribution in [3.05, 3.63) is 77.1 Å². The number of nitrogens with one attached hydrogen (secondary N) is 1. The Kier molecular flexibility index (Phi) is 5.53. The van der Waals surface area contributed by atoms with Crippen LogP contribution >= 0.6 is 0 Å². The van der Waals surface area contributed by atoms with Crippen molar-refractivity contribution >= 4 is 22.9 Å². The monoisotopic (exact) mass is 394 g/mol. The summed E-state index contributed by atoms with van der Waals surface area (Å²) < 4.78 is 71.3. The van der Waals surface area contributed by atoms with Gasteiger partial charge in [-0.1, -0.05) is 30.3 Å². The maximum absolute atomic E-state index is 13.5. The Hall–Kier alpha value is -3.49. The molecule has 0 bridgehead atoms. The van der Waals surface area contributed by atoms with Gasteiger partial charge >= 0.3 is 0 Å². The fraction of sp³-hybridized carbons (Fsp3) is 0.0526. The number of hydrogen-bond donors (Lipinski definition) is 1.